The molecule has 7 aliphatic rings. The van der Waals surface area contributed by atoms with Crippen molar-refractivity contribution in [1.29, 1.82) is 5.41 Å². The number of thiazole rings is 1. The molecule has 2 aromatic heterocycles. The van der Waals surface area contributed by atoms with Gasteiger partial charge in [-0.25, -0.2) is 9.98 Å². The van der Waals surface area contributed by atoms with Gasteiger partial charge in [0.05, 0.1) is 47.8 Å². The molecule has 0 radical (unpaired) electrons. The molecule has 4 saturated carbocycles. The maximum absolute atomic E-state index is 10.7. The molecular formula is C47H65N10O3S+. The molecule has 0 amide bonds. The molecule has 13 nitrogen and oxygen atoms in total. The van der Waals surface area contributed by atoms with E-state index < -0.39 is 5.95 Å². The lowest BCUT2D eigenvalue weighted by Crippen LogP contribution is -3.17. The maximum Gasteiger partial charge on any atom is 0.299 e. The summed E-state index contributed by atoms with van der Waals surface area (Å²) >= 11 is 1.48. The quantitative estimate of drug-likeness (QED) is 0.0697. The molecule has 61 heavy (non-hydrogen) atoms. The van der Waals surface area contributed by atoms with E-state index in [-0.39, 0.29) is 27.5 Å². The Kier molecular flexibility index (Phi) is 10.8. The van der Waals surface area contributed by atoms with Gasteiger partial charge in [0.1, 0.15) is 23.2 Å². The number of amidine groups is 2. The van der Waals surface area contributed by atoms with Crippen molar-refractivity contribution in [3.63, 3.8) is 0 Å². The highest BCUT2D eigenvalue weighted by Crippen LogP contribution is 2.72. The van der Waals surface area contributed by atoms with Crippen LogP contribution in [-0.2, 0) is 11.3 Å². The molecule has 3 aromatic rings. The minimum absolute atomic E-state index is 0.0725. The lowest BCUT2D eigenvalue weighted by Gasteiger charge is -2.69. The van der Waals surface area contributed by atoms with Gasteiger partial charge >= 0.3 is 0 Å². The summed E-state index contributed by atoms with van der Waals surface area (Å²) in [5, 5.41) is 39.6. The fourth-order valence-corrected chi connectivity index (χ4v) is 13.9. The van der Waals surface area contributed by atoms with E-state index in [1.165, 1.54) is 43.7 Å². The first-order valence-electron chi connectivity index (χ1n) is 22.4. The van der Waals surface area contributed by atoms with Crippen LogP contribution in [0.4, 0.5) is 5.13 Å². The number of para-hydroxylation sites is 1. The molecule has 4 aliphatic carbocycles. The molecule has 6 fully saturated rings. The van der Waals surface area contributed by atoms with Crippen LogP contribution in [0.25, 0.3) is 15.8 Å². The zero-order chi connectivity index (χ0) is 42.9. The molecule has 7 N–H and O–H groups in total. The number of benzene rings is 1. The minimum atomic E-state index is -0.809. The monoisotopic (exact) mass is 849 g/mol. The number of fused-ring (bicyclic) bond motifs is 1. The summed E-state index contributed by atoms with van der Waals surface area (Å²) in [4.78, 5) is 15.4. The van der Waals surface area contributed by atoms with Gasteiger partial charge in [0.25, 0.3) is 5.95 Å². The standard InChI is InChI=1S/C47H64N10O3S/c1-30(2)55-18-16-54(17-19-55)20-21-60-47-26-44(5)23-45(6,27-47)25-46(24-44,28-47)29-57-32(4)35(22-50-57)34-13-14-38(52-39(34)42(58)59)56-15-9-10-33(41(56)49)31(3)40(48)53-43-51-36-11-7-8-12-37(36)61-43/h7-8,11-14,22,30,49,52,58-59H,9-10,15-21,23-29H2,1-6H3,(H2,48,51,53)/p+1/b33-31-,49-41?/t44-,45+,46?,47?. The number of allylic oxidation sites excluding steroid dienone is 3. The van der Waals surface area contributed by atoms with E-state index in [2.05, 4.69) is 59.5 Å². The van der Waals surface area contributed by atoms with E-state index in [9.17, 15) is 15.6 Å². The van der Waals surface area contributed by atoms with Crippen LogP contribution >= 0.6 is 11.3 Å². The largest absolute Gasteiger partial charge is 0.480 e. The first-order valence-corrected chi connectivity index (χ1v) is 23.2. The van der Waals surface area contributed by atoms with Crippen molar-refractivity contribution in [2.75, 3.05) is 45.9 Å². The average Bonchev–Trinajstić information content (AvgIpc) is 3.77. The summed E-state index contributed by atoms with van der Waals surface area (Å²) in [6.07, 6.45) is 14.1. The second kappa shape index (κ2) is 15.7. The molecule has 2 saturated heterocycles. The summed E-state index contributed by atoms with van der Waals surface area (Å²) in [6, 6.07) is 8.59. The summed E-state index contributed by atoms with van der Waals surface area (Å²) in [5.74, 6) is 0.407. The summed E-state index contributed by atoms with van der Waals surface area (Å²) in [6.45, 7) is 21.6. The zero-order valence-electron chi connectivity index (χ0n) is 36.9. The number of aliphatic hydroxyl groups is 2. The first-order chi connectivity index (χ1) is 29.1. The Morgan fingerprint density at radius 3 is 2.49 bits per heavy atom. The molecule has 0 spiro atoms. The van der Waals surface area contributed by atoms with Gasteiger partial charge in [-0.3, -0.25) is 15.0 Å². The number of nitrogens with two attached hydrogens (primary N) is 1. The number of dihydropyridines is 1. The predicted octanol–water partition coefficient (Wildman–Crippen LogP) is 6.74. The van der Waals surface area contributed by atoms with Gasteiger partial charge in [0.2, 0.25) is 5.13 Å². The van der Waals surface area contributed by atoms with Gasteiger partial charge in [-0.15, -0.1) is 0 Å². The lowest BCUT2D eigenvalue weighted by atomic mass is 9.39. The van der Waals surface area contributed by atoms with Crippen molar-refractivity contribution in [2.24, 2.45) is 27.0 Å². The van der Waals surface area contributed by atoms with Crippen LogP contribution in [0.2, 0.25) is 0 Å². The number of aliphatic hydroxyl groups excluding tert-OH is 1. The molecule has 2 unspecified atom stereocenters. The normalized spacial score (nSPS) is 30.6. The molecule has 1 aromatic carbocycles. The van der Waals surface area contributed by atoms with Gasteiger partial charge in [-0.1, -0.05) is 37.3 Å². The fraction of sp³-hybridized carbons (Fsp3) is 0.574. The number of nitrogens with one attached hydrogen (secondary N) is 3. The van der Waals surface area contributed by atoms with Crippen molar-refractivity contribution in [2.45, 2.75) is 111 Å². The van der Waals surface area contributed by atoms with Gasteiger partial charge in [-0.2, -0.15) is 5.10 Å². The zero-order valence-corrected chi connectivity index (χ0v) is 37.7. The lowest BCUT2D eigenvalue weighted by molar-refractivity contribution is -0.925. The number of quaternary nitrogens is 1. The van der Waals surface area contributed by atoms with Crippen LogP contribution in [0.1, 0.15) is 97.2 Å². The van der Waals surface area contributed by atoms with Crippen LogP contribution in [-0.4, -0.2) is 104 Å². The maximum atomic E-state index is 10.7. The number of aliphatic imine (C=N–C) groups is 1. The number of piperazine rings is 1. The highest BCUT2D eigenvalue weighted by atomic mass is 32.1. The third-order valence-corrected chi connectivity index (χ3v) is 15.7. The summed E-state index contributed by atoms with van der Waals surface area (Å²) < 4.78 is 10.3. The second-order valence-electron chi connectivity index (χ2n) is 20.3. The smallest absolute Gasteiger partial charge is 0.299 e. The third kappa shape index (κ3) is 8.05. The summed E-state index contributed by atoms with van der Waals surface area (Å²) in [5.41, 5.74) is 12.0. The van der Waals surface area contributed by atoms with Crippen LogP contribution in [0.5, 0.6) is 0 Å². The van der Waals surface area contributed by atoms with Gasteiger partial charge in [0, 0.05) is 55.1 Å². The van der Waals surface area contributed by atoms with Gasteiger partial charge < -0.3 is 35.8 Å². The highest BCUT2D eigenvalue weighted by Gasteiger charge is 2.66. The SMILES string of the molecule is CC(/C(N)=N/c1nc2ccccc2s1)=C1\CCCN(C2=CC=C(c3cnn(CC45CC6(OCCN7CC[NH+](C(C)C)CC7)C[C@](C)(C4)C[C@](C)(C5)C6)c3C)C(=C(O)O)N2)C1=N. The molecule has 326 valence electrons. The number of rotatable bonds is 11. The Hall–Kier alpha value is -4.50. The topological polar surface area (TPSA) is 166 Å². The summed E-state index contributed by atoms with van der Waals surface area (Å²) in [7, 11) is 0. The van der Waals surface area contributed by atoms with E-state index in [0.29, 0.717) is 47.2 Å². The van der Waals surface area contributed by atoms with Crippen molar-refractivity contribution < 1.29 is 19.8 Å². The molecule has 4 bridgehead atoms. The number of aromatic nitrogens is 3. The van der Waals surface area contributed by atoms with Crippen LogP contribution in [0.15, 0.2) is 76.2 Å². The molecule has 3 aliphatic heterocycles. The Labute approximate surface area is 364 Å². The number of ether oxygens (including phenoxy) is 1. The highest BCUT2D eigenvalue weighted by molar-refractivity contribution is 7.22. The number of hydrogen-bond donors (Lipinski definition) is 6. The Balaban J connectivity index is 0.920. The van der Waals surface area contributed by atoms with Crippen LogP contribution in [0.3, 0.4) is 0 Å². The Morgan fingerprint density at radius 2 is 1.79 bits per heavy atom. The number of piperidine rings is 1. The Morgan fingerprint density at radius 1 is 1.05 bits per heavy atom. The predicted molar refractivity (Wildman–Crippen MR) is 243 cm³/mol. The van der Waals surface area contributed by atoms with Crippen molar-refractivity contribution >= 4 is 43.9 Å². The van der Waals surface area contributed by atoms with Crippen molar-refractivity contribution in [3.05, 3.63) is 82.5 Å². The number of likely N-dealkylation sites (tertiary alicyclic amines) is 1. The van der Waals surface area contributed by atoms with E-state index in [1.807, 2.05) is 54.4 Å². The Bertz CT molecular complexity index is 2320. The number of hydrogen-bond acceptors (Lipinski definition) is 10. The third-order valence-electron chi connectivity index (χ3n) is 14.8. The fourth-order valence-electron chi connectivity index (χ4n) is 13.1. The number of nitrogens with zero attached hydrogens (tertiary/aromatic N) is 6. The van der Waals surface area contributed by atoms with E-state index >= 15 is 0 Å². The van der Waals surface area contributed by atoms with Crippen LogP contribution in [0, 0.1) is 28.6 Å². The molecular weight excluding hydrogens is 785 g/mol. The molecule has 5 heterocycles. The van der Waals surface area contributed by atoms with Gasteiger partial charge in [0.15, 0.2) is 0 Å². The van der Waals surface area contributed by atoms with Crippen molar-refractivity contribution in [3.8, 4) is 0 Å². The van der Waals surface area contributed by atoms with E-state index in [4.69, 9.17) is 15.6 Å². The molecule has 10 rings (SSSR count). The molecule has 4 atom stereocenters. The second-order valence-corrected chi connectivity index (χ2v) is 21.3. The minimum Gasteiger partial charge on any atom is -0.480 e. The van der Waals surface area contributed by atoms with Crippen LogP contribution < -0.4 is 16.0 Å². The van der Waals surface area contributed by atoms with E-state index in [1.54, 1.807) is 4.90 Å². The average molecular weight is 850 g/mol. The van der Waals surface area contributed by atoms with Gasteiger partial charge in [-0.05, 0) is 125 Å². The molecule has 14 heteroatoms. The van der Waals surface area contributed by atoms with Crippen molar-refractivity contribution in [1.82, 2.24) is 29.9 Å². The first kappa shape index (κ1) is 41.8. The van der Waals surface area contributed by atoms with E-state index in [0.717, 1.165) is 91.1 Å².